The van der Waals surface area contributed by atoms with E-state index in [1.54, 1.807) is 12.3 Å². The van der Waals surface area contributed by atoms with Gasteiger partial charge in [-0.2, -0.15) is 0 Å². The fraction of sp³-hybridized carbons (Fsp3) is 0.176. The van der Waals surface area contributed by atoms with Crippen molar-refractivity contribution in [3.63, 3.8) is 0 Å². The lowest BCUT2D eigenvalue weighted by molar-refractivity contribution is -0.121. The first-order valence-electron chi connectivity index (χ1n) is 7.13. The van der Waals surface area contributed by atoms with Gasteiger partial charge < -0.3 is 14.9 Å². The minimum absolute atomic E-state index is 0.0789. The van der Waals surface area contributed by atoms with Crippen molar-refractivity contribution in [2.75, 3.05) is 0 Å². The Morgan fingerprint density at radius 1 is 1.23 bits per heavy atom. The van der Waals surface area contributed by atoms with Crippen LogP contribution in [0.25, 0.3) is 10.9 Å². The first-order chi connectivity index (χ1) is 10.6. The lowest BCUT2D eigenvalue weighted by atomic mass is 10.2. The van der Waals surface area contributed by atoms with Gasteiger partial charge in [0, 0.05) is 30.0 Å². The number of pyridine rings is 1. The van der Waals surface area contributed by atoms with Crippen LogP contribution in [0.15, 0.2) is 53.5 Å². The molecule has 5 nitrogen and oxygen atoms in total. The predicted octanol–water partition coefficient (Wildman–Crippen LogP) is 1.95. The van der Waals surface area contributed by atoms with E-state index in [2.05, 4.69) is 16.4 Å². The predicted molar refractivity (Wildman–Crippen MR) is 85.6 cm³/mol. The van der Waals surface area contributed by atoms with Gasteiger partial charge in [-0.3, -0.25) is 9.59 Å². The van der Waals surface area contributed by atoms with Crippen molar-refractivity contribution in [2.45, 2.75) is 20.0 Å². The lowest BCUT2D eigenvalue weighted by Gasteiger charge is -2.09. The summed E-state index contributed by atoms with van der Waals surface area (Å²) in [5.74, 6) is -0.0789. The van der Waals surface area contributed by atoms with Gasteiger partial charge in [-0.25, -0.2) is 0 Å². The molecule has 0 saturated carbocycles. The van der Waals surface area contributed by atoms with E-state index < -0.39 is 0 Å². The highest BCUT2D eigenvalue weighted by atomic mass is 16.2. The van der Waals surface area contributed by atoms with E-state index in [9.17, 15) is 9.59 Å². The van der Waals surface area contributed by atoms with Crippen LogP contribution in [0.4, 0.5) is 0 Å². The Kier molecular flexibility index (Phi) is 3.78. The number of carbonyl (C=O) groups is 1. The van der Waals surface area contributed by atoms with Crippen LogP contribution < -0.4 is 10.9 Å². The number of hydrogen-bond donors (Lipinski definition) is 2. The van der Waals surface area contributed by atoms with Gasteiger partial charge in [-0.1, -0.05) is 18.2 Å². The van der Waals surface area contributed by atoms with Crippen molar-refractivity contribution >= 4 is 16.8 Å². The van der Waals surface area contributed by atoms with Gasteiger partial charge in [0.05, 0.1) is 0 Å². The highest BCUT2D eigenvalue weighted by Crippen LogP contribution is 2.18. The molecule has 1 aromatic carbocycles. The molecule has 0 saturated heterocycles. The number of para-hydroxylation sites is 1. The summed E-state index contributed by atoms with van der Waals surface area (Å²) in [5, 5.41) is 3.97. The van der Waals surface area contributed by atoms with Crippen LogP contribution in [-0.2, 0) is 17.9 Å². The highest BCUT2D eigenvalue weighted by molar-refractivity contribution is 5.84. The van der Waals surface area contributed by atoms with Crippen LogP contribution in [0.5, 0.6) is 0 Å². The maximum absolute atomic E-state index is 12.1. The van der Waals surface area contributed by atoms with E-state index in [1.807, 2.05) is 35.8 Å². The van der Waals surface area contributed by atoms with Gasteiger partial charge in [0.25, 0.3) is 0 Å². The lowest BCUT2D eigenvalue weighted by Crippen LogP contribution is -2.27. The van der Waals surface area contributed by atoms with Crippen molar-refractivity contribution in [3.05, 3.63) is 70.3 Å². The number of amides is 1. The number of nitrogens with one attached hydrogen (secondary N) is 2. The summed E-state index contributed by atoms with van der Waals surface area (Å²) in [7, 11) is 0. The molecule has 112 valence electrons. The zero-order chi connectivity index (χ0) is 15.5. The third-order valence-corrected chi connectivity index (χ3v) is 3.65. The first kappa shape index (κ1) is 14.1. The standard InChI is InChI=1S/C17H17N3O2/c1-12-8-14-4-2-3-5-15(14)20(12)11-17(22)19-10-13-6-7-18-16(21)9-13/h2-9H,10-11H2,1H3,(H,18,21)(H,19,22). The van der Waals surface area contributed by atoms with Crippen molar-refractivity contribution in [1.82, 2.24) is 14.9 Å². The Balaban J connectivity index is 1.71. The van der Waals surface area contributed by atoms with E-state index in [1.165, 1.54) is 6.07 Å². The molecule has 0 fully saturated rings. The number of H-pyrrole nitrogens is 1. The molecule has 3 aromatic rings. The molecule has 0 aliphatic heterocycles. The van der Waals surface area contributed by atoms with E-state index in [-0.39, 0.29) is 18.0 Å². The molecule has 0 atom stereocenters. The second-order valence-corrected chi connectivity index (χ2v) is 5.27. The van der Waals surface area contributed by atoms with Gasteiger partial charge in [-0.05, 0) is 36.1 Å². The van der Waals surface area contributed by atoms with Crippen LogP contribution in [-0.4, -0.2) is 15.5 Å². The maximum Gasteiger partial charge on any atom is 0.248 e. The SMILES string of the molecule is Cc1cc2ccccc2n1CC(=O)NCc1cc[nH]c(=O)c1. The minimum atomic E-state index is -0.168. The van der Waals surface area contributed by atoms with E-state index >= 15 is 0 Å². The third-order valence-electron chi connectivity index (χ3n) is 3.65. The molecule has 0 aliphatic carbocycles. The molecule has 2 heterocycles. The number of hydrogen-bond acceptors (Lipinski definition) is 2. The number of nitrogens with zero attached hydrogens (tertiary/aromatic N) is 1. The Morgan fingerprint density at radius 3 is 2.86 bits per heavy atom. The van der Waals surface area contributed by atoms with Crippen LogP contribution >= 0.6 is 0 Å². The molecule has 2 N–H and O–H groups in total. The molecule has 3 rings (SSSR count). The van der Waals surface area contributed by atoms with Gasteiger partial charge in [-0.15, -0.1) is 0 Å². The summed E-state index contributed by atoms with van der Waals surface area (Å²) in [4.78, 5) is 25.9. The molecule has 0 radical (unpaired) electrons. The van der Waals surface area contributed by atoms with Crippen LogP contribution in [0.3, 0.4) is 0 Å². The van der Waals surface area contributed by atoms with Crippen molar-refractivity contribution < 1.29 is 4.79 Å². The average molecular weight is 295 g/mol. The molecular formula is C17H17N3O2. The zero-order valence-corrected chi connectivity index (χ0v) is 12.3. The fourth-order valence-corrected chi connectivity index (χ4v) is 2.56. The van der Waals surface area contributed by atoms with E-state index in [0.717, 1.165) is 22.2 Å². The monoisotopic (exact) mass is 295 g/mol. The zero-order valence-electron chi connectivity index (χ0n) is 12.3. The number of aromatic nitrogens is 2. The highest BCUT2D eigenvalue weighted by Gasteiger charge is 2.09. The second kappa shape index (κ2) is 5.89. The molecule has 1 amide bonds. The van der Waals surface area contributed by atoms with Gasteiger partial charge in [0.2, 0.25) is 11.5 Å². The van der Waals surface area contributed by atoms with E-state index in [4.69, 9.17) is 0 Å². The fourth-order valence-electron chi connectivity index (χ4n) is 2.56. The summed E-state index contributed by atoms with van der Waals surface area (Å²) < 4.78 is 1.99. The van der Waals surface area contributed by atoms with Crippen LogP contribution in [0, 0.1) is 6.92 Å². The number of benzene rings is 1. The summed E-state index contributed by atoms with van der Waals surface area (Å²) >= 11 is 0. The van der Waals surface area contributed by atoms with Crippen LogP contribution in [0.1, 0.15) is 11.3 Å². The van der Waals surface area contributed by atoms with Crippen molar-refractivity contribution in [3.8, 4) is 0 Å². The molecule has 2 aromatic heterocycles. The molecule has 0 bridgehead atoms. The molecular weight excluding hydrogens is 278 g/mol. The second-order valence-electron chi connectivity index (χ2n) is 5.27. The first-order valence-corrected chi connectivity index (χ1v) is 7.13. The van der Waals surface area contributed by atoms with Crippen LogP contribution in [0.2, 0.25) is 0 Å². The van der Waals surface area contributed by atoms with Crippen molar-refractivity contribution in [2.24, 2.45) is 0 Å². The van der Waals surface area contributed by atoms with E-state index in [0.29, 0.717) is 6.54 Å². The van der Waals surface area contributed by atoms with Gasteiger partial charge >= 0.3 is 0 Å². The average Bonchev–Trinajstić information content (AvgIpc) is 2.81. The third kappa shape index (κ3) is 2.93. The molecule has 0 spiro atoms. The number of carbonyl (C=O) groups excluding carboxylic acids is 1. The van der Waals surface area contributed by atoms with Gasteiger partial charge in [0.1, 0.15) is 6.54 Å². The summed E-state index contributed by atoms with van der Waals surface area (Å²) in [6.07, 6.45) is 1.58. The smallest absolute Gasteiger partial charge is 0.248 e. The number of aromatic amines is 1. The molecule has 5 heteroatoms. The Bertz CT molecular complexity index is 877. The summed E-state index contributed by atoms with van der Waals surface area (Å²) in [6, 6.07) is 13.3. The molecule has 0 unspecified atom stereocenters. The normalized spacial score (nSPS) is 10.8. The summed E-state index contributed by atoms with van der Waals surface area (Å²) in [5.41, 5.74) is 2.71. The maximum atomic E-state index is 12.1. The molecule has 0 aliphatic rings. The quantitative estimate of drug-likeness (QED) is 0.772. The number of aryl methyl sites for hydroxylation is 1. The number of rotatable bonds is 4. The molecule has 22 heavy (non-hydrogen) atoms. The Morgan fingerprint density at radius 2 is 2.05 bits per heavy atom. The largest absolute Gasteiger partial charge is 0.350 e. The number of fused-ring (bicyclic) bond motifs is 1. The Hall–Kier alpha value is -2.82. The minimum Gasteiger partial charge on any atom is -0.350 e. The Labute approximate surface area is 127 Å². The topological polar surface area (TPSA) is 66.9 Å². The van der Waals surface area contributed by atoms with Gasteiger partial charge in [0.15, 0.2) is 0 Å². The van der Waals surface area contributed by atoms with Crippen molar-refractivity contribution in [1.29, 1.82) is 0 Å². The summed E-state index contributed by atoms with van der Waals surface area (Å²) in [6.45, 7) is 2.60.